The Balaban J connectivity index is 2.25. The van der Waals surface area contributed by atoms with E-state index in [1.165, 1.54) is 12.3 Å². The summed E-state index contributed by atoms with van der Waals surface area (Å²) in [5.74, 6) is -0.239. The first-order valence-corrected chi connectivity index (χ1v) is 7.50. The highest BCUT2D eigenvalue weighted by Crippen LogP contribution is 2.19. The first-order valence-electron chi connectivity index (χ1n) is 5.95. The van der Waals surface area contributed by atoms with Crippen LogP contribution < -0.4 is 10.5 Å². The summed E-state index contributed by atoms with van der Waals surface area (Å²) in [7, 11) is -3.77. The lowest BCUT2D eigenvalue weighted by Gasteiger charge is -2.26. The normalized spacial score (nSPS) is 16.3. The molecule has 3 N–H and O–H groups in total. The quantitative estimate of drug-likeness (QED) is 0.831. The molecule has 0 radical (unpaired) electrons. The predicted molar refractivity (Wildman–Crippen MR) is 66.6 cm³/mol. The second kappa shape index (κ2) is 4.74. The van der Waals surface area contributed by atoms with E-state index in [2.05, 4.69) is 5.32 Å². The Bertz CT molecular complexity index is 558. The number of carbonyl (C=O) groups excluding carboxylic acids is 1. The zero-order valence-corrected chi connectivity index (χ0v) is 11.0. The van der Waals surface area contributed by atoms with E-state index in [1.807, 2.05) is 6.92 Å². The number of rotatable bonds is 4. The highest BCUT2D eigenvalue weighted by Gasteiger charge is 2.23. The number of hydrogen-bond acceptors (Lipinski definition) is 3. The van der Waals surface area contributed by atoms with Crippen LogP contribution in [0.25, 0.3) is 0 Å². The maximum Gasteiger partial charge on any atom is 0.268 e. The molecule has 1 saturated carbocycles. The summed E-state index contributed by atoms with van der Waals surface area (Å²) in [6, 6.07) is 1.54. The zero-order valence-electron chi connectivity index (χ0n) is 10.2. The minimum absolute atomic E-state index is 0.0249. The molecule has 0 bridgehead atoms. The average molecular weight is 271 g/mol. The summed E-state index contributed by atoms with van der Waals surface area (Å²) in [5, 5.41) is 7.94. The monoisotopic (exact) mass is 271 g/mol. The first kappa shape index (κ1) is 13.1. The molecule has 0 aliphatic heterocycles. The number of amides is 1. The molecule has 0 atom stereocenters. The number of sulfonamides is 1. The maximum absolute atomic E-state index is 12.0. The number of nitrogens with zero attached hydrogens (tertiary/aromatic N) is 1. The largest absolute Gasteiger partial charge is 0.348 e. The van der Waals surface area contributed by atoms with E-state index in [1.54, 1.807) is 4.57 Å². The van der Waals surface area contributed by atoms with Gasteiger partial charge in [-0.3, -0.25) is 4.79 Å². The van der Waals surface area contributed by atoms with Gasteiger partial charge in [-0.1, -0.05) is 0 Å². The van der Waals surface area contributed by atoms with Crippen LogP contribution >= 0.6 is 0 Å². The van der Waals surface area contributed by atoms with E-state index in [9.17, 15) is 13.2 Å². The van der Waals surface area contributed by atoms with Gasteiger partial charge in [0.05, 0.1) is 0 Å². The van der Waals surface area contributed by atoms with Gasteiger partial charge in [-0.25, -0.2) is 13.6 Å². The van der Waals surface area contributed by atoms with Crippen molar-refractivity contribution >= 4 is 15.9 Å². The van der Waals surface area contributed by atoms with Crippen molar-refractivity contribution in [1.29, 1.82) is 0 Å². The Morgan fingerprint density at radius 1 is 1.56 bits per heavy atom. The fraction of sp³-hybridized carbons (Fsp3) is 0.545. The Hall–Kier alpha value is -1.34. The molecule has 1 aliphatic carbocycles. The Kier molecular flexibility index (Phi) is 3.45. The standard InChI is InChI=1S/C11H17N3O3S/c1-2-14-7-9(18(12,16)17)6-10(14)11(15)13-8-4-3-5-8/h6-8H,2-5H2,1H3,(H,13,15)(H2,12,16,17). The molecule has 2 rings (SSSR count). The third kappa shape index (κ3) is 2.56. The predicted octanol–water partition coefficient (Wildman–Crippen LogP) is 0.438. The Labute approximate surface area is 106 Å². The van der Waals surface area contributed by atoms with Crippen LogP contribution in [0.2, 0.25) is 0 Å². The molecule has 0 saturated heterocycles. The molecule has 1 aliphatic rings. The second-order valence-electron chi connectivity index (χ2n) is 4.49. The van der Waals surface area contributed by atoms with Gasteiger partial charge in [0.25, 0.3) is 5.91 Å². The second-order valence-corrected chi connectivity index (χ2v) is 6.05. The summed E-state index contributed by atoms with van der Waals surface area (Å²) in [6.07, 6.45) is 4.49. The number of hydrogen-bond donors (Lipinski definition) is 2. The van der Waals surface area contributed by atoms with Crippen LogP contribution in [-0.4, -0.2) is 24.9 Å². The minimum atomic E-state index is -3.77. The number of nitrogens with one attached hydrogen (secondary N) is 1. The van der Waals surface area contributed by atoms with Gasteiger partial charge in [0.15, 0.2) is 0 Å². The molecule has 1 aromatic heterocycles. The van der Waals surface area contributed by atoms with Gasteiger partial charge < -0.3 is 9.88 Å². The lowest BCUT2D eigenvalue weighted by Crippen LogP contribution is -2.40. The summed E-state index contributed by atoms with van der Waals surface area (Å²) in [6.45, 7) is 2.36. The van der Waals surface area contributed by atoms with Crippen LogP contribution in [0.4, 0.5) is 0 Å². The van der Waals surface area contributed by atoms with Crippen molar-refractivity contribution in [2.24, 2.45) is 5.14 Å². The zero-order chi connectivity index (χ0) is 13.3. The fourth-order valence-corrected chi connectivity index (χ4v) is 2.45. The van der Waals surface area contributed by atoms with Crippen molar-refractivity contribution in [1.82, 2.24) is 9.88 Å². The summed E-state index contributed by atoms with van der Waals surface area (Å²) in [5.41, 5.74) is 0.341. The van der Waals surface area contributed by atoms with Gasteiger partial charge in [-0.05, 0) is 32.3 Å². The van der Waals surface area contributed by atoms with E-state index in [4.69, 9.17) is 5.14 Å². The molecule has 1 amide bonds. The highest BCUT2D eigenvalue weighted by atomic mass is 32.2. The first-order chi connectivity index (χ1) is 8.41. The maximum atomic E-state index is 12.0. The van der Waals surface area contributed by atoms with Gasteiger partial charge in [-0.2, -0.15) is 0 Å². The van der Waals surface area contributed by atoms with E-state index < -0.39 is 10.0 Å². The lowest BCUT2D eigenvalue weighted by molar-refractivity contribution is 0.0907. The van der Waals surface area contributed by atoms with Crippen molar-refractivity contribution in [2.45, 2.75) is 43.7 Å². The minimum Gasteiger partial charge on any atom is -0.348 e. The van der Waals surface area contributed by atoms with Crippen molar-refractivity contribution < 1.29 is 13.2 Å². The average Bonchev–Trinajstić information content (AvgIpc) is 2.66. The number of aryl methyl sites for hydroxylation is 1. The van der Waals surface area contributed by atoms with Crippen LogP contribution in [-0.2, 0) is 16.6 Å². The molecule has 100 valence electrons. The van der Waals surface area contributed by atoms with E-state index in [0.717, 1.165) is 19.3 Å². The summed E-state index contributed by atoms with van der Waals surface area (Å²) >= 11 is 0. The van der Waals surface area contributed by atoms with Gasteiger partial charge in [0.2, 0.25) is 10.0 Å². The molecule has 1 heterocycles. The van der Waals surface area contributed by atoms with Gasteiger partial charge in [-0.15, -0.1) is 0 Å². The van der Waals surface area contributed by atoms with Crippen molar-refractivity contribution in [3.05, 3.63) is 18.0 Å². The van der Waals surface area contributed by atoms with Gasteiger partial charge in [0, 0.05) is 18.8 Å². The van der Waals surface area contributed by atoms with Crippen LogP contribution in [0.15, 0.2) is 17.2 Å². The molecular weight excluding hydrogens is 254 g/mol. The van der Waals surface area contributed by atoms with Crippen molar-refractivity contribution in [2.75, 3.05) is 0 Å². The lowest BCUT2D eigenvalue weighted by atomic mass is 9.93. The molecule has 1 fully saturated rings. The molecule has 0 unspecified atom stereocenters. The highest BCUT2D eigenvalue weighted by molar-refractivity contribution is 7.89. The van der Waals surface area contributed by atoms with Gasteiger partial charge >= 0.3 is 0 Å². The van der Waals surface area contributed by atoms with Gasteiger partial charge in [0.1, 0.15) is 10.6 Å². The smallest absolute Gasteiger partial charge is 0.268 e. The number of carbonyl (C=O) groups is 1. The molecular formula is C11H17N3O3S. The Morgan fingerprint density at radius 2 is 2.22 bits per heavy atom. The molecule has 6 nitrogen and oxygen atoms in total. The number of nitrogens with two attached hydrogens (primary N) is 1. The van der Waals surface area contributed by atoms with Crippen molar-refractivity contribution in [3.63, 3.8) is 0 Å². The van der Waals surface area contributed by atoms with Crippen molar-refractivity contribution in [3.8, 4) is 0 Å². The number of aromatic nitrogens is 1. The fourth-order valence-electron chi connectivity index (χ4n) is 1.90. The molecule has 18 heavy (non-hydrogen) atoms. The third-order valence-electron chi connectivity index (χ3n) is 3.21. The molecule has 0 spiro atoms. The van der Waals surface area contributed by atoms with Crippen LogP contribution in [0.5, 0.6) is 0 Å². The summed E-state index contributed by atoms with van der Waals surface area (Å²) in [4.78, 5) is 12.0. The van der Waals surface area contributed by atoms with E-state index in [0.29, 0.717) is 12.2 Å². The van der Waals surface area contributed by atoms with Crippen LogP contribution in [0.3, 0.4) is 0 Å². The molecule has 7 heteroatoms. The third-order valence-corrected chi connectivity index (χ3v) is 4.09. The van der Waals surface area contributed by atoms with E-state index in [-0.39, 0.29) is 16.8 Å². The Morgan fingerprint density at radius 3 is 2.67 bits per heavy atom. The van der Waals surface area contributed by atoms with Crippen LogP contribution in [0.1, 0.15) is 36.7 Å². The topological polar surface area (TPSA) is 94.2 Å². The SMILES string of the molecule is CCn1cc(S(N)(=O)=O)cc1C(=O)NC1CCC1. The molecule has 0 aromatic carbocycles. The summed E-state index contributed by atoms with van der Waals surface area (Å²) < 4.78 is 24.1. The number of primary sulfonamides is 1. The molecule has 1 aromatic rings. The van der Waals surface area contributed by atoms with Crippen LogP contribution in [0, 0.1) is 0 Å². The van der Waals surface area contributed by atoms with E-state index >= 15 is 0 Å².